The van der Waals surface area contributed by atoms with Crippen molar-refractivity contribution >= 4 is 23.6 Å². The third-order valence-electron chi connectivity index (χ3n) is 7.14. The van der Waals surface area contributed by atoms with Gasteiger partial charge in [-0.1, -0.05) is 33.6 Å². The molecule has 1 aliphatic heterocycles. The number of hydrogen-bond donors (Lipinski definition) is 4. The second-order valence-corrected chi connectivity index (χ2v) is 11.4. The monoisotopic (exact) mass is 513 g/mol. The highest BCUT2D eigenvalue weighted by molar-refractivity contribution is 5.93. The molecule has 0 aromatic rings. The molecule has 2 aliphatic carbocycles. The molecule has 36 heavy (non-hydrogen) atoms. The number of nitrogens with zero attached hydrogens (tertiary/aromatic N) is 1. The first-order valence-electron chi connectivity index (χ1n) is 12.3. The lowest BCUT2D eigenvalue weighted by molar-refractivity contribution is -0.175. The topological polar surface area (TPSA) is 140 Å². The molecule has 1 heterocycles. The second-order valence-electron chi connectivity index (χ2n) is 11.4. The van der Waals surface area contributed by atoms with Crippen LogP contribution in [0.4, 0.5) is 13.2 Å². The number of nitriles is 1. The SMILES string of the molecule is CC(C)(C)[C@H](NC(=O)C(F)(F)F)C(=O)N[C@@H](CC1CC1)C(=O)N[C@H](C#N)C[C@@H]1CCC2(CC2)NC1=O. The highest BCUT2D eigenvalue weighted by Crippen LogP contribution is 2.44. The molecule has 9 nitrogen and oxygen atoms in total. The molecule has 4 atom stereocenters. The summed E-state index contributed by atoms with van der Waals surface area (Å²) in [5, 5.41) is 19.4. The van der Waals surface area contributed by atoms with Crippen molar-refractivity contribution in [3.63, 3.8) is 0 Å². The van der Waals surface area contributed by atoms with Gasteiger partial charge in [0.1, 0.15) is 18.1 Å². The summed E-state index contributed by atoms with van der Waals surface area (Å²) < 4.78 is 38.4. The average Bonchev–Trinajstić information content (AvgIpc) is 3.69. The van der Waals surface area contributed by atoms with Crippen LogP contribution in [0.3, 0.4) is 0 Å². The van der Waals surface area contributed by atoms with Gasteiger partial charge in [-0.2, -0.15) is 18.4 Å². The zero-order valence-electron chi connectivity index (χ0n) is 20.8. The van der Waals surface area contributed by atoms with Gasteiger partial charge in [-0.3, -0.25) is 19.2 Å². The summed E-state index contributed by atoms with van der Waals surface area (Å²) in [7, 11) is 0. The minimum absolute atomic E-state index is 0.0935. The first kappa shape index (κ1) is 27.7. The van der Waals surface area contributed by atoms with Gasteiger partial charge in [0.25, 0.3) is 0 Å². The van der Waals surface area contributed by atoms with Gasteiger partial charge in [-0.05, 0) is 49.9 Å². The number of carbonyl (C=O) groups excluding carboxylic acids is 4. The molecule has 4 N–H and O–H groups in total. The van der Waals surface area contributed by atoms with E-state index in [0.29, 0.717) is 6.42 Å². The Balaban J connectivity index is 1.64. The normalized spacial score (nSPS) is 23.5. The van der Waals surface area contributed by atoms with Gasteiger partial charge in [-0.25, -0.2) is 0 Å². The molecule has 4 amide bonds. The molecule has 1 saturated heterocycles. The van der Waals surface area contributed by atoms with Crippen LogP contribution in [-0.2, 0) is 19.2 Å². The van der Waals surface area contributed by atoms with E-state index in [1.54, 1.807) is 5.32 Å². The molecule has 1 spiro atoms. The number of alkyl halides is 3. The Morgan fingerprint density at radius 3 is 2.14 bits per heavy atom. The Bertz CT molecular complexity index is 932. The third kappa shape index (κ3) is 7.34. The Kier molecular flexibility index (Phi) is 7.91. The predicted octanol–water partition coefficient (Wildman–Crippen LogP) is 1.82. The number of carbonyl (C=O) groups is 4. The van der Waals surface area contributed by atoms with Crippen molar-refractivity contribution in [2.24, 2.45) is 17.3 Å². The molecule has 0 radical (unpaired) electrons. The smallest absolute Gasteiger partial charge is 0.350 e. The fourth-order valence-electron chi connectivity index (χ4n) is 4.52. The highest BCUT2D eigenvalue weighted by Gasteiger charge is 2.48. The minimum Gasteiger partial charge on any atom is -0.350 e. The fraction of sp³-hybridized carbons (Fsp3) is 0.792. The van der Waals surface area contributed by atoms with Crippen molar-refractivity contribution in [1.29, 1.82) is 5.26 Å². The number of amides is 4. The molecule has 3 rings (SSSR count). The average molecular weight is 514 g/mol. The van der Waals surface area contributed by atoms with Gasteiger partial charge < -0.3 is 21.3 Å². The molecular formula is C24H34F3N5O4. The molecule has 0 aromatic carbocycles. The summed E-state index contributed by atoms with van der Waals surface area (Å²) in [5.41, 5.74) is -1.17. The highest BCUT2D eigenvalue weighted by atomic mass is 19.4. The van der Waals surface area contributed by atoms with Crippen molar-refractivity contribution in [2.45, 2.75) is 102 Å². The zero-order valence-corrected chi connectivity index (χ0v) is 20.8. The van der Waals surface area contributed by atoms with E-state index >= 15 is 0 Å². The van der Waals surface area contributed by atoms with E-state index < -0.39 is 53.4 Å². The molecule has 2 saturated carbocycles. The third-order valence-corrected chi connectivity index (χ3v) is 7.14. The fourth-order valence-corrected chi connectivity index (χ4v) is 4.52. The molecule has 3 fully saturated rings. The van der Waals surface area contributed by atoms with Crippen LogP contribution in [0.2, 0.25) is 0 Å². The van der Waals surface area contributed by atoms with E-state index in [1.807, 2.05) is 6.07 Å². The van der Waals surface area contributed by atoms with E-state index in [1.165, 1.54) is 20.8 Å². The van der Waals surface area contributed by atoms with Crippen LogP contribution in [0, 0.1) is 28.6 Å². The first-order chi connectivity index (χ1) is 16.6. The van der Waals surface area contributed by atoms with E-state index in [9.17, 15) is 37.6 Å². The van der Waals surface area contributed by atoms with Crippen LogP contribution in [-0.4, -0.2) is 53.5 Å². The summed E-state index contributed by atoms with van der Waals surface area (Å²) in [6, 6.07) is -1.61. The van der Waals surface area contributed by atoms with Crippen LogP contribution < -0.4 is 21.3 Å². The van der Waals surface area contributed by atoms with Crippen molar-refractivity contribution in [3.8, 4) is 6.07 Å². The summed E-state index contributed by atoms with van der Waals surface area (Å²) in [6.07, 6.45) is 0.252. The van der Waals surface area contributed by atoms with E-state index in [4.69, 9.17) is 0 Å². The zero-order chi connectivity index (χ0) is 26.9. The largest absolute Gasteiger partial charge is 0.471 e. The molecule has 0 unspecified atom stereocenters. The lowest BCUT2D eigenvalue weighted by Gasteiger charge is -2.32. The lowest BCUT2D eigenvalue weighted by Crippen LogP contribution is -2.60. The van der Waals surface area contributed by atoms with E-state index in [0.717, 1.165) is 32.1 Å². The lowest BCUT2D eigenvalue weighted by atomic mass is 9.85. The van der Waals surface area contributed by atoms with Crippen LogP contribution >= 0.6 is 0 Å². The van der Waals surface area contributed by atoms with E-state index in [-0.39, 0.29) is 30.2 Å². The molecule has 3 aliphatic rings. The summed E-state index contributed by atoms with van der Waals surface area (Å²) in [4.78, 5) is 50.0. The maximum Gasteiger partial charge on any atom is 0.471 e. The van der Waals surface area contributed by atoms with Crippen molar-refractivity contribution < 1.29 is 32.3 Å². The summed E-state index contributed by atoms with van der Waals surface area (Å²) in [6.45, 7) is 4.49. The maximum absolute atomic E-state index is 13.1. The van der Waals surface area contributed by atoms with Crippen molar-refractivity contribution in [3.05, 3.63) is 0 Å². The van der Waals surface area contributed by atoms with Crippen LogP contribution in [0.5, 0.6) is 0 Å². The van der Waals surface area contributed by atoms with Crippen molar-refractivity contribution in [1.82, 2.24) is 21.3 Å². The Morgan fingerprint density at radius 2 is 1.67 bits per heavy atom. The van der Waals surface area contributed by atoms with Gasteiger partial charge in [0.15, 0.2) is 0 Å². The summed E-state index contributed by atoms with van der Waals surface area (Å²) in [5.74, 6) is -4.20. The first-order valence-corrected chi connectivity index (χ1v) is 12.3. The predicted molar refractivity (Wildman–Crippen MR) is 122 cm³/mol. The molecule has 0 bridgehead atoms. The number of rotatable bonds is 9. The van der Waals surface area contributed by atoms with Crippen LogP contribution in [0.25, 0.3) is 0 Å². The van der Waals surface area contributed by atoms with Gasteiger partial charge in [0.2, 0.25) is 17.7 Å². The molecule has 200 valence electrons. The number of piperidine rings is 1. The number of halogens is 3. The molecular weight excluding hydrogens is 479 g/mol. The molecule has 12 heteroatoms. The Labute approximate surface area is 208 Å². The van der Waals surface area contributed by atoms with Gasteiger partial charge >= 0.3 is 12.1 Å². The molecule has 0 aromatic heterocycles. The van der Waals surface area contributed by atoms with E-state index in [2.05, 4.69) is 16.0 Å². The second kappa shape index (κ2) is 10.3. The van der Waals surface area contributed by atoms with Gasteiger partial charge in [0, 0.05) is 11.5 Å². The Morgan fingerprint density at radius 1 is 1.03 bits per heavy atom. The summed E-state index contributed by atoms with van der Waals surface area (Å²) >= 11 is 0. The van der Waals surface area contributed by atoms with Gasteiger partial charge in [-0.15, -0.1) is 0 Å². The van der Waals surface area contributed by atoms with Crippen LogP contribution in [0.1, 0.15) is 72.1 Å². The van der Waals surface area contributed by atoms with Crippen LogP contribution in [0.15, 0.2) is 0 Å². The minimum atomic E-state index is -5.17. The standard InChI is InChI=1S/C24H34F3N5O4/c1-22(2,3)17(31-21(36)24(25,26)27)20(35)30-16(10-13-4-5-13)19(34)29-15(12-28)11-14-6-7-23(8-9-23)32-18(14)33/h13-17H,4-11H2,1-3H3,(H,29,34)(H,30,35)(H,31,36)(H,32,33)/t14-,15-,16-,17+/m0/s1. The Hall–Kier alpha value is -2.84. The van der Waals surface area contributed by atoms with Crippen molar-refractivity contribution in [2.75, 3.05) is 0 Å². The quantitative estimate of drug-likeness (QED) is 0.372. The number of hydrogen-bond acceptors (Lipinski definition) is 5. The number of nitrogens with one attached hydrogen (secondary N) is 4. The maximum atomic E-state index is 13.1. The van der Waals surface area contributed by atoms with Gasteiger partial charge in [0.05, 0.1) is 6.07 Å².